The molecule has 1 heterocycles. The lowest BCUT2D eigenvalue weighted by Gasteiger charge is -2.03. The Hall–Kier alpha value is -3.20. The second-order valence-corrected chi connectivity index (χ2v) is 5.92. The third-order valence-electron chi connectivity index (χ3n) is 3.47. The van der Waals surface area contributed by atoms with Gasteiger partial charge in [0, 0.05) is 17.7 Å². The molecule has 0 saturated heterocycles. The maximum Gasteiger partial charge on any atom is 0.269 e. The van der Waals surface area contributed by atoms with E-state index in [1.54, 1.807) is 19.2 Å². The summed E-state index contributed by atoms with van der Waals surface area (Å²) < 4.78 is 11.3. The third kappa shape index (κ3) is 3.22. The number of non-ortho nitro benzene ring substituents is 1. The quantitative estimate of drug-likeness (QED) is 0.552. The lowest BCUT2D eigenvalue weighted by atomic mass is 10.2. The van der Waals surface area contributed by atoms with Gasteiger partial charge in [0.1, 0.15) is 21.7 Å². The van der Waals surface area contributed by atoms with Gasteiger partial charge in [0.05, 0.1) is 19.1 Å². The van der Waals surface area contributed by atoms with Gasteiger partial charge in [-0.1, -0.05) is 11.3 Å². The summed E-state index contributed by atoms with van der Waals surface area (Å²) in [5.74, 6) is 0.791. The van der Waals surface area contributed by atoms with Crippen molar-refractivity contribution >= 4 is 38.3 Å². The van der Waals surface area contributed by atoms with E-state index < -0.39 is 10.8 Å². The Morgan fingerprint density at radius 1 is 1.12 bits per heavy atom. The number of hydrogen-bond acceptors (Lipinski definition) is 7. The van der Waals surface area contributed by atoms with E-state index in [1.807, 2.05) is 0 Å². The highest BCUT2D eigenvalue weighted by atomic mass is 32.1. The first kappa shape index (κ1) is 16.7. The predicted octanol–water partition coefficient (Wildman–Crippen LogP) is 3.47. The van der Waals surface area contributed by atoms with Crippen LogP contribution in [0.25, 0.3) is 10.2 Å². The van der Waals surface area contributed by atoms with Crippen LogP contribution in [0.15, 0.2) is 36.4 Å². The summed E-state index contributed by atoms with van der Waals surface area (Å²) in [7, 11) is 3.09. The number of aromatic nitrogens is 1. The second kappa shape index (κ2) is 6.73. The number of anilines is 1. The third-order valence-corrected chi connectivity index (χ3v) is 4.46. The molecule has 128 valence electrons. The van der Waals surface area contributed by atoms with E-state index in [0.29, 0.717) is 27.7 Å². The highest BCUT2D eigenvalue weighted by Crippen LogP contribution is 2.38. The van der Waals surface area contributed by atoms with Crippen LogP contribution in [0.5, 0.6) is 11.5 Å². The molecule has 0 fully saturated rings. The van der Waals surface area contributed by atoms with Crippen molar-refractivity contribution in [3.8, 4) is 11.5 Å². The Balaban J connectivity index is 1.89. The zero-order valence-electron chi connectivity index (χ0n) is 13.3. The molecule has 0 aliphatic rings. The van der Waals surface area contributed by atoms with Gasteiger partial charge >= 0.3 is 0 Å². The van der Waals surface area contributed by atoms with Gasteiger partial charge in [0.25, 0.3) is 11.6 Å². The first-order chi connectivity index (χ1) is 12.0. The average Bonchev–Trinajstić information content (AvgIpc) is 3.04. The maximum absolute atomic E-state index is 12.3. The number of nitrogens with zero attached hydrogens (tertiary/aromatic N) is 2. The molecule has 1 amide bonds. The first-order valence-electron chi connectivity index (χ1n) is 7.11. The molecule has 0 aliphatic carbocycles. The average molecular weight is 359 g/mol. The number of rotatable bonds is 5. The molecule has 0 spiro atoms. The van der Waals surface area contributed by atoms with E-state index in [2.05, 4.69) is 10.3 Å². The van der Waals surface area contributed by atoms with Crippen LogP contribution in [0, 0.1) is 10.1 Å². The van der Waals surface area contributed by atoms with Gasteiger partial charge in [0.15, 0.2) is 5.13 Å². The predicted molar refractivity (Wildman–Crippen MR) is 93.8 cm³/mol. The Kier molecular flexibility index (Phi) is 4.48. The highest BCUT2D eigenvalue weighted by molar-refractivity contribution is 7.22. The minimum Gasteiger partial charge on any atom is -0.495 e. The minimum absolute atomic E-state index is 0.0778. The van der Waals surface area contributed by atoms with Crippen LogP contribution in [-0.4, -0.2) is 30.0 Å². The molecular weight excluding hydrogens is 346 g/mol. The van der Waals surface area contributed by atoms with Gasteiger partial charge in [-0.2, -0.15) is 0 Å². The van der Waals surface area contributed by atoms with E-state index >= 15 is 0 Å². The van der Waals surface area contributed by atoms with Gasteiger partial charge in [-0.25, -0.2) is 4.98 Å². The molecule has 0 bridgehead atoms. The molecule has 2 aromatic carbocycles. The SMILES string of the molecule is COc1ccc(OC)c2sc(NC(=O)c3ccc([N+](=O)[O-])cc3)nc12. The normalized spacial score (nSPS) is 10.5. The molecule has 3 rings (SSSR count). The van der Waals surface area contributed by atoms with E-state index in [0.717, 1.165) is 4.70 Å². The number of carbonyl (C=O) groups is 1. The van der Waals surface area contributed by atoms with E-state index in [4.69, 9.17) is 9.47 Å². The van der Waals surface area contributed by atoms with Crippen LogP contribution < -0.4 is 14.8 Å². The topological polar surface area (TPSA) is 104 Å². The zero-order chi connectivity index (χ0) is 18.0. The Labute approximate surface area is 146 Å². The largest absolute Gasteiger partial charge is 0.495 e. The Morgan fingerprint density at radius 2 is 1.76 bits per heavy atom. The van der Waals surface area contributed by atoms with Crippen molar-refractivity contribution < 1.29 is 19.2 Å². The van der Waals surface area contributed by atoms with Crippen LogP contribution in [0.4, 0.5) is 10.8 Å². The number of fused-ring (bicyclic) bond motifs is 1. The number of hydrogen-bond donors (Lipinski definition) is 1. The molecule has 25 heavy (non-hydrogen) atoms. The van der Waals surface area contributed by atoms with E-state index in [9.17, 15) is 14.9 Å². The number of ether oxygens (including phenoxy) is 2. The van der Waals surface area contributed by atoms with Crippen molar-refractivity contribution in [2.24, 2.45) is 0 Å². The van der Waals surface area contributed by atoms with Crippen LogP contribution in [0.3, 0.4) is 0 Å². The zero-order valence-corrected chi connectivity index (χ0v) is 14.1. The van der Waals surface area contributed by atoms with Gasteiger partial charge < -0.3 is 9.47 Å². The fourth-order valence-corrected chi connectivity index (χ4v) is 3.21. The highest BCUT2D eigenvalue weighted by Gasteiger charge is 2.16. The summed E-state index contributed by atoms with van der Waals surface area (Å²) in [5, 5.41) is 13.7. The Morgan fingerprint density at radius 3 is 2.36 bits per heavy atom. The lowest BCUT2D eigenvalue weighted by molar-refractivity contribution is -0.384. The standard InChI is InChI=1S/C16H13N3O5S/c1-23-11-7-8-12(24-2)14-13(11)17-16(25-14)18-15(20)9-3-5-10(6-4-9)19(21)22/h3-8H,1-2H3,(H,17,18,20). The number of carbonyl (C=O) groups excluding carboxylic acids is 1. The number of nitro benzene ring substituents is 1. The molecule has 3 aromatic rings. The molecule has 0 atom stereocenters. The van der Waals surface area contributed by atoms with Crippen molar-refractivity contribution in [2.45, 2.75) is 0 Å². The summed E-state index contributed by atoms with van der Waals surface area (Å²) in [4.78, 5) is 26.8. The van der Waals surface area contributed by atoms with Crippen molar-refractivity contribution in [1.82, 2.24) is 4.98 Å². The van der Waals surface area contributed by atoms with Crippen molar-refractivity contribution in [3.05, 3.63) is 52.1 Å². The van der Waals surface area contributed by atoms with Gasteiger partial charge in [0.2, 0.25) is 0 Å². The van der Waals surface area contributed by atoms with E-state index in [-0.39, 0.29) is 5.69 Å². The van der Waals surface area contributed by atoms with Crippen molar-refractivity contribution in [3.63, 3.8) is 0 Å². The molecule has 1 N–H and O–H groups in total. The second-order valence-electron chi connectivity index (χ2n) is 4.92. The number of thiazole rings is 1. The molecule has 9 heteroatoms. The van der Waals surface area contributed by atoms with Crippen LogP contribution >= 0.6 is 11.3 Å². The van der Waals surface area contributed by atoms with Gasteiger partial charge in [-0.05, 0) is 24.3 Å². The summed E-state index contributed by atoms with van der Waals surface area (Å²) >= 11 is 1.25. The number of amides is 1. The minimum atomic E-state index is -0.520. The van der Waals surface area contributed by atoms with Crippen LogP contribution in [0.1, 0.15) is 10.4 Å². The van der Waals surface area contributed by atoms with Crippen LogP contribution in [0.2, 0.25) is 0 Å². The van der Waals surface area contributed by atoms with Gasteiger partial charge in [-0.3, -0.25) is 20.2 Å². The molecule has 0 saturated carbocycles. The number of methoxy groups -OCH3 is 2. The van der Waals surface area contributed by atoms with Gasteiger partial charge in [-0.15, -0.1) is 0 Å². The van der Waals surface area contributed by atoms with Crippen molar-refractivity contribution in [1.29, 1.82) is 0 Å². The number of nitro groups is 1. The summed E-state index contributed by atoms with van der Waals surface area (Å²) in [6.45, 7) is 0. The number of benzene rings is 2. The van der Waals surface area contributed by atoms with Crippen LogP contribution in [-0.2, 0) is 0 Å². The summed E-state index contributed by atoms with van der Waals surface area (Å²) in [6.07, 6.45) is 0. The number of nitrogens with one attached hydrogen (secondary N) is 1. The fourth-order valence-electron chi connectivity index (χ4n) is 2.24. The molecular formula is C16H13N3O5S. The Bertz CT molecular complexity index is 911. The fraction of sp³-hybridized carbons (Fsp3) is 0.125. The first-order valence-corrected chi connectivity index (χ1v) is 7.92. The molecule has 0 aliphatic heterocycles. The maximum atomic E-state index is 12.3. The smallest absolute Gasteiger partial charge is 0.269 e. The summed E-state index contributed by atoms with van der Waals surface area (Å²) in [6, 6.07) is 8.84. The monoisotopic (exact) mass is 359 g/mol. The molecule has 8 nitrogen and oxygen atoms in total. The van der Waals surface area contributed by atoms with Crippen molar-refractivity contribution in [2.75, 3.05) is 19.5 Å². The summed E-state index contributed by atoms with van der Waals surface area (Å²) in [5.41, 5.74) is 0.806. The lowest BCUT2D eigenvalue weighted by Crippen LogP contribution is -2.11. The molecule has 0 unspecified atom stereocenters. The molecule has 0 radical (unpaired) electrons. The van der Waals surface area contributed by atoms with E-state index in [1.165, 1.54) is 42.7 Å². The molecule has 1 aromatic heterocycles.